The predicted octanol–water partition coefficient (Wildman–Crippen LogP) is 11.2. The Morgan fingerprint density at radius 3 is 1.18 bits per heavy atom. The van der Waals surface area contributed by atoms with E-state index in [1.807, 2.05) is 0 Å². The van der Waals surface area contributed by atoms with Gasteiger partial charge in [-0.1, -0.05) is 181 Å². The molecule has 0 aliphatic carbocycles. The largest absolute Gasteiger partial charge is 0.481 e. The molecule has 0 saturated carbocycles. The fourth-order valence-electron chi connectivity index (χ4n) is 6.14. The number of carboxylic acid groups (broad SMARTS) is 1. The van der Waals surface area contributed by atoms with E-state index in [2.05, 4.69) is 19.2 Å². The molecule has 288 valence electrons. The molecular formula is C41H77NO7. The van der Waals surface area contributed by atoms with Crippen LogP contribution < -0.4 is 5.32 Å². The van der Waals surface area contributed by atoms with E-state index in [0.29, 0.717) is 6.61 Å². The van der Waals surface area contributed by atoms with Crippen molar-refractivity contribution >= 4 is 23.8 Å². The van der Waals surface area contributed by atoms with E-state index in [1.165, 1.54) is 141 Å². The van der Waals surface area contributed by atoms with Gasteiger partial charge in [0.05, 0.1) is 19.6 Å². The summed E-state index contributed by atoms with van der Waals surface area (Å²) in [4.78, 5) is 48.5. The Hall–Kier alpha value is -2.12. The average molecular weight is 696 g/mol. The molecule has 1 atom stereocenters. The van der Waals surface area contributed by atoms with Crippen molar-refractivity contribution in [3.8, 4) is 0 Å². The second kappa shape index (κ2) is 37.1. The number of unbranched alkanes of at least 4 members (excludes halogenated alkanes) is 26. The predicted molar refractivity (Wildman–Crippen MR) is 201 cm³/mol. The lowest BCUT2D eigenvalue weighted by Gasteiger charge is -2.17. The highest BCUT2D eigenvalue weighted by molar-refractivity contribution is 5.88. The maximum atomic E-state index is 12.8. The molecule has 1 amide bonds. The molecule has 0 fully saturated rings. The van der Waals surface area contributed by atoms with Gasteiger partial charge in [0.25, 0.3) is 0 Å². The molecule has 0 bridgehead atoms. The van der Waals surface area contributed by atoms with Gasteiger partial charge in [0, 0.05) is 12.8 Å². The van der Waals surface area contributed by atoms with Crippen LogP contribution >= 0.6 is 0 Å². The van der Waals surface area contributed by atoms with Gasteiger partial charge in [-0.25, -0.2) is 4.79 Å². The maximum absolute atomic E-state index is 12.8. The molecule has 0 aromatic rings. The van der Waals surface area contributed by atoms with Gasteiger partial charge in [0.15, 0.2) is 0 Å². The summed E-state index contributed by atoms with van der Waals surface area (Å²) in [5.41, 5.74) is 0. The van der Waals surface area contributed by atoms with Crippen molar-refractivity contribution in [2.24, 2.45) is 0 Å². The van der Waals surface area contributed by atoms with Gasteiger partial charge in [-0.05, 0) is 19.3 Å². The van der Waals surface area contributed by atoms with Gasteiger partial charge in [-0.3, -0.25) is 14.4 Å². The van der Waals surface area contributed by atoms with Crippen LogP contribution in [0.5, 0.6) is 0 Å². The quantitative estimate of drug-likeness (QED) is 0.0487. The fourth-order valence-corrected chi connectivity index (χ4v) is 6.14. The lowest BCUT2D eigenvalue weighted by Crippen LogP contribution is -2.43. The van der Waals surface area contributed by atoms with Crippen LogP contribution in [-0.2, 0) is 28.7 Å². The molecular weight excluding hydrogens is 618 g/mol. The highest BCUT2D eigenvalue weighted by Gasteiger charge is 2.26. The first kappa shape index (κ1) is 46.9. The zero-order valence-corrected chi connectivity index (χ0v) is 32.0. The first-order chi connectivity index (χ1) is 23.9. The van der Waals surface area contributed by atoms with Gasteiger partial charge in [-0.2, -0.15) is 0 Å². The Morgan fingerprint density at radius 2 is 0.816 bits per heavy atom. The third kappa shape index (κ3) is 35.5. The van der Waals surface area contributed by atoms with Crippen molar-refractivity contribution in [2.75, 3.05) is 13.2 Å². The number of ether oxygens (including phenoxy) is 2. The fraction of sp³-hybridized carbons (Fsp3) is 0.902. The normalized spacial score (nSPS) is 11.7. The highest BCUT2D eigenvalue weighted by atomic mass is 16.5. The van der Waals surface area contributed by atoms with Crippen molar-refractivity contribution in [3.05, 3.63) is 0 Å². The van der Waals surface area contributed by atoms with E-state index in [4.69, 9.17) is 14.6 Å². The summed E-state index contributed by atoms with van der Waals surface area (Å²) in [6.07, 6.45) is 34.5. The number of amides is 1. The highest BCUT2D eigenvalue weighted by Crippen LogP contribution is 2.15. The molecule has 0 aromatic heterocycles. The van der Waals surface area contributed by atoms with Crippen LogP contribution in [0.3, 0.4) is 0 Å². The Morgan fingerprint density at radius 1 is 0.469 bits per heavy atom. The lowest BCUT2D eigenvalue weighted by atomic mass is 10.0. The minimum atomic E-state index is -1.13. The van der Waals surface area contributed by atoms with Crippen molar-refractivity contribution in [1.82, 2.24) is 5.32 Å². The van der Waals surface area contributed by atoms with Gasteiger partial charge in [0.2, 0.25) is 5.91 Å². The van der Waals surface area contributed by atoms with E-state index in [1.54, 1.807) is 0 Å². The molecule has 49 heavy (non-hydrogen) atoms. The summed E-state index contributed by atoms with van der Waals surface area (Å²) in [5, 5.41) is 11.4. The minimum Gasteiger partial charge on any atom is -0.481 e. The Labute approximate surface area is 301 Å². The first-order valence-electron chi connectivity index (χ1n) is 20.7. The molecule has 0 aliphatic heterocycles. The summed E-state index contributed by atoms with van der Waals surface area (Å²) < 4.78 is 10.8. The van der Waals surface area contributed by atoms with E-state index in [9.17, 15) is 19.2 Å². The number of carbonyl (C=O) groups excluding carboxylic acids is 3. The number of rotatable bonds is 38. The number of esters is 2. The topological polar surface area (TPSA) is 119 Å². The zero-order chi connectivity index (χ0) is 36.0. The van der Waals surface area contributed by atoms with Crippen LogP contribution in [0.2, 0.25) is 0 Å². The molecule has 0 aromatic carbocycles. The molecule has 2 N–H and O–H groups in total. The third-order valence-electron chi connectivity index (χ3n) is 9.29. The van der Waals surface area contributed by atoms with E-state index < -0.39 is 29.9 Å². The van der Waals surface area contributed by atoms with Crippen LogP contribution in [0, 0.1) is 0 Å². The first-order valence-corrected chi connectivity index (χ1v) is 20.7. The van der Waals surface area contributed by atoms with Gasteiger partial charge >= 0.3 is 17.9 Å². The van der Waals surface area contributed by atoms with Gasteiger partial charge < -0.3 is 19.9 Å². The van der Waals surface area contributed by atoms with Crippen molar-refractivity contribution in [3.63, 3.8) is 0 Å². The molecule has 0 rings (SSSR count). The standard InChI is InChI=1S/C41H77NO7/c1-3-5-7-9-11-13-15-17-19-21-23-25-27-29-34-48-40(46)36-37(42-38(43)32-31-33-39(44)45)41(47)49-35-30-28-26-24-22-20-18-16-14-12-10-8-6-4-2/h37H,3-36H2,1-2H3,(H,42,43)(H,44,45)/t37-/m0/s1. The number of carboxylic acids is 1. The van der Waals surface area contributed by atoms with Gasteiger partial charge in [-0.15, -0.1) is 0 Å². The van der Waals surface area contributed by atoms with E-state index in [0.717, 1.165) is 38.5 Å². The molecule has 0 aliphatic rings. The molecule has 8 heteroatoms. The molecule has 0 spiro atoms. The molecule has 8 nitrogen and oxygen atoms in total. The number of hydrogen-bond acceptors (Lipinski definition) is 6. The monoisotopic (exact) mass is 696 g/mol. The number of nitrogens with one attached hydrogen (secondary N) is 1. The van der Waals surface area contributed by atoms with Crippen LogP contribution in [-0.4, -0.2) is 48.2 Å². The number of aliphatic carboxylic acids is 1. The molecule has 0 radical (unpaired) electrons. The Bertz CT molecular complexity index is 788. The third-order valence-corrected chi connectivity index (χ3v) is 9.29. The van der Waals surface area contributed by atoms with Gasteiger partial charge in [0.1, 0.15) is 6.04 Å². The summed E-state index contributed by atoms with van der Waals surface area (Å²) >= 11 is 0. The Kier molecular flexibility index (Phi) is 35.5. The summed E-state index contributed by atoms with van der Waals surface area (Å²) in [6.45, 7) is 5.05. The van der Waals surface area contributed by atoms with Crippen molar-refractivity contribution in [2.45, 2.75) is 225 Å². The second-order valence-electron chi connectivity index (χ2n) is 14.2. The summed E-state index contributed by atoms with van der Waals surface area (Å²) in [6, 6.07) is -1.13. The number of hydrogen-bond donors (Lipinski definition) is 2. The van der Waals surface area contributed by atoms with Crippen LogP contribution in [0.1, 0.15) is 219 Å². The van der Waals surface area contributed by atoms with E-state index in [-0.39, 0.29) is 32.3 Å². The molecule has 0 saturated heterocycles. The average Bonchev–Trinajstić information content (AvgIpc) is 3.07. The lowest BCUT2D eigenvalue weighted by molar-refractivity contribution is -0.154. The van der Waals surface area contributed by atoms with E-state index >= 15 is 0 Å². The maximum Gasteiger partial charge on any atom is 0.329 e. The van der Waals surface area contributed by atoms with Crippen LogP contribution in [0.25, 0.3) is 0 Å². The Balaban J connectivity index is 4.14. The minimum absolute atomic E-state index is 0.0386. The number of carbonyl (C=O) groups is 4. The summed E-state index contributed by atoms with van der Waals surface area (Å²) in [5.74, 6) is -2.64. The van der Waals surface area contributed by atoms with Crippen molar-refractivity contribution in [1.29, 1.82) is 0 Å². The van der Waals surface area contributed by atoms with Crippen LogP contribution in [0.15, 0.2) is 0 Å². The molecule has 0 heterocycles. The van der Waals surface area contributed by atoms with Crippen LogP contribution in [0.4, 0.5) is 0 Å². The summed E-state index contributed by atoms with van der Waals surface area (Å²) in [7, 11) is 0. The smallest absolute Gasteiger partial charge is 0.329 e. The molecule has 0 unspecified atom stereocenters. The SMILES string of the molecule is CCCCCCCCCCCCCCCCOC(=O)C[C@H](NC(=O)CCCC(=O)O)C(=O)OCCCCCCCCCCCCCCCC. The second-order valence-corrected chi connectivity index (χ2v) is 14.2. The zero-order valence-electron chi connectivity index (χ0n) is 32.0. The van der Waals surface area contributed by atoms with Crippen molar-refractivity contribution < 1.29 is 33.8 Å².